The van der Waals surface area contributed by atoms with Gasteiger partial charge >= 0.3 is 5.76 Å². The first kappa shape index (κ1) is 11.7. The summed E-state index contributed by atoms with van der Waals surface area (Å²) in [6, 6.07) is 5.75. The number of fused-ring (bicyclic) bond motifs is 1. The second-order valence-corrected chi connectivity index (χ2v) is 5.80. The molecule has 0 spiro atoms. The molecule has 1 N–H and O–H groups in total. The van der Waals surface area contributed by atoms with E-state index in [1.807, 2.05) is 18.2 Å². The Hall–Kier alpha value is -1.33. The molecular weight excluding hydrogens is 314 g/mol. The van der Waals surface area contributed by atoms with Crippen molar-refractivity contribution in [1.29, 1.82) is 0 Å². The SMILES string of the molecule is Cc1cscc1C(Br)c1ccc2[nH]c(=O)oc2c1. The summed E-state index contributed by atoms with van der Waals surface area (Å²) in [7, 11) is 0. The van der Waals surface area contributed by atoms with Crippen molar-refractivity contribution >= 4 is 38.4 Å². The van der Waals surface area contributed by atoms with Crippen LogP contribution in [0.25, 0.3) is 11.1 Å². The van der Waals surface area contributed by atoms with Gasteiger partial charge in [-0.25, -0.2) is 4.79 Å². The maximum Gasteiger partial charge on any atom is 0.417 e. The molecule has 3 rings (SSSR count). The van der Waals surface area contributed by atoms with Gasteiger partial charge in [0.25, 0.3) is 0 Å². The highest BCUT2D eigenvalue weighted by Gasteiger charge is 2.14. The zero-order valence-electron chi connectivity index (χ0n) is 9.57. The van der Waals surface area contributed by atoms with Gasteiger partial charge in [0.1, 0.15) is 0 Å². The van der Waals surface area contributed by atoms with Crippen molar-refractivity contribution in [2.24, 2.45) is 0 Å². The number of rotatable bonds is 2. The molecule has 18 heavy (non-hydrogen) atoms. The molecule has 0 fully saturated rings. The van der Waals surface area contributed by atoms with E-state index in [4.69, 9.17) is 4.42 Å². The van der Waals surface area contributed by atoms with E-state index in [0.29, 0.717) is 5.58 Å². The molecule has 3 nitrogen and oxygen atoms in total. The molecule has 0 amide bonds. The van der Waals surface area contributed by atoms with Crippen LogP contribution in [0.2, 0.25) is 0 Å². The lowest BCUT2D eigenvalue weighted by molar-refractivity contribution is 0.555. The number of nitrogens with one attached hydrogen (secondary N) is 1. The van der Waals surface area contributed by atoms with Crippen LogP contribution in [0.5, 0.6) is 0 Å². The van der Waals surface area contributed by atoms with E-state index in [2.05, 4.69) is 38.6 Å². The molecular formula is C13H10BrNO2S. The summed E-state index contributed by atoms with van der Waals surface area (Å²) < 4.78 is 5.08. The maximum atomic E-state index is 11.1. The summed E-state index contributed by atoms with van der Waals surface area (Å²) in [4.78, 5) is 13.9. The van der Waals surface area contributed by atoms with Gasteiger partial charge in [0, 0.05) is 0 Å². The van der Waals surface area contributed by atoms with E-state index in [0.717, 1.165) is 11.1 Å². The number of H-pyrrole nitrogens is 1. The normalized spacial score (nSPS) is 13.0. The number of hydrogen-bond donors (Lipinski definition) is 1. The quantitative estimate of drug-likeness (QED) is 0.725. The van der Waals surface area contributed by atoms with Crippen molar-refractivity contribution in [2.75, 3.05) is 0 Å². The Kier molecular flexibility index (Phi) is 2.87. The third-order valence-corrected chi connectivity index (χ3v) is 4.81. The summed E-state index contributed by atoms with van der Waals surface area (Å²) in [6.45, 7) is 2.09. The van der Waals surface area contributed by atoms with Gasteiger partial charge in [-0.15, -0.1) is 0 Å². The van der Waals surface area contributed by atoms with Gasteiger partial charge in [-0.05, 0) is 46.5 Å². The molecule has 1 unspecified atom stereocenters. The largest absolute Gasteiger partial charge is 0.417 e. The van der Waals surface area contributed by atoms with Gasteiger partial charge in [-0.3, -0.25) is 4.98 Å². The smallest absolute Gasteiger partial charge is 0.408 e. The van der Waals surface area contributed by atoms with Crippen LogP contribution in [0.4, 0.5) is 0 Å². The number of halogens is 1. The van der Waals surface area contributed by atoms with E-state index in [1.54, 1.807) is 11.3 Å². The van der Waals surface area contributed by atoms with Gasteiger partial charge in [0.05, 0.1) is 10.3 Å². The highest BCUT2D eigenvalue weighted by molar-refractivity contribution is 9.09. The molecule has 1 aromatic carbocycles. The second-order valence-electron chi connectivity index (χ2n) is 4.14. The minimum Gasteiger partial charge on any atom is -0.408 e. The van der Waals surface area contributed by atoms with Gasteiger partial charge in [-0.2, -0.15) is 11.3 Å². The summed E-state index contributed by atoms with van der Waals surface area (Å²) in [5, 5.41) is 4.25. The number of thiophene rings is 1. The number of aromatic nitrogens is 1. The van der Waals surface area contributed by atoms with Crippen LogP contribution in [-0.2, 0) is 0 Å². The minimum atomic E-state index is -0.417. The number of hydrogen-bond acceptors (Lipinski definition) is 3. The van der Waals surface area contributed by atoms with Crippen LogP contribution in [0.3, 0.4) is 0 Å². The summed E-state index contributed by atoms with van der Waals surface area (Å²) >= 11 is 5.38. The molecule has 2 aromatic heterocycles. The third kappa shape index (κ3) is 1.93. The van der Waals surface area contributed by atoms with E-state index < -0.39 is 5.76 Å². The Morgan fingerprint density at radius 3 is 2.94 bits per heavy atom. The van der Waals surface area contributed by atoms with Crippen molar-refractivity contribution < 1.29 is 4.42 Å². The van der Waals surface area contributed by atoms with Crippen LogP contribution >= 0.6 is 27.3 Å². The van der Waals surface area contributed by atoms with E-state index >= 15 is 0 Å². The lowest BCUT2D eigenvalue weighted by Crippen LogP contribution is -1.93. The predicted molar refractivity (Wildman–Crippen MR) is 76.7 cm³/mol. The fraction of sp³-hybridized carbons (Fsp3) is 0.154. The molecule has 0 saturated carbocycles. The van der Waals surface area contributed by atoms with Crippen molar-refractivity contribution in [3.63, 3.8) is 0 Å². The van der Waals surface area contributed by atoms with Crippen molar-refractivity contribution in [3.05, 3.63) is 56.2 Å². The molecule has 1 atom stereocenters. The third-order valence-electron chi connectivity index (χ3n) is 2.91. The molecule has 0 radical (unpaired) electrons. The number of aromatic amines is 1. The molecule has 0 aliphatic carbocycles. The van der Waals surface area contributed by atoms with Crippen molar-refractivity contribution in [3.8, 4) is 0 Å². The van der Waals surface area contributed by atoms with Crippen LogP contribution in [0.1, 0.15) is 21.5 Å². The number of benzene rings is 1. The van der Waals surface area contributed by atoms with Crippen LogP contribution in [0, 0.1) is 6.92 Å². The molecule has 0 aliphatic heterocycles. The number of oxazole rings is 1. The standard InChI is InChI=1S/C13H10BrNO2S/c1-7-5-18-6-9(7)12(14)8-2-3-10-11(4-8)17-13(16)15-10/h2-6,12H,1H3,(H,15,16). The lowest BCUT2D eigenvalue weighted by Gasteiger charge is -2.09. The van der Waals surface area contributed by atoms with Crippen LogP contribution in [0.15, 0.2) is 38.2 Å². The molecule has 2 heterocycles. The van der Waals surface area contributed by atoms with Crippen molar-refractivity contribution in [1.82, 2.24) is 4.98 Å². The summed E-state index contributed by atoms with van der Waals surface area (Å²) in [5.41, 5.74) is 4.90. The number of aryl methyl sites for hydroxylation is 1. The van der Waals surface area contributed by atoms with Gasteiger partial charge < -0.3 is 4.42 Å². The van der Waals surface area contributed by atoms with Crippen LogP contribution < -0.4 is 5.76 Å². The number of alkyl halides is 1. The van der Waals surface area contributed by atoms with E-state index in [-0.39, 0.29) is 4.83 Å². The Morgan fingerprint density at radius 2 is 2.22 bits per heavy atom. The first-order valence-corrected chi connectivity index (χ1v) is 7.30. The fourth-order valence-corrected chi connectivity index (χ4v) is 3.76. The van der Waals surface area contributed by atoms with Gasteiger partial charge in [0.15, 0.2) is 5.58 Å². The first-order valence-electron chi connectivity index (χ1n) is 5.44. The Bertz CT molecular complexity index is 756. The molecule has 3 aromatic rings. The molecule has 92 valence electrons. The summed E-state index contributed by atoms with van der Waals surface area (Å²) in [5.74, 6) is -0.417. The monoisotopic (exact) mass is 323 g/mol. The average Bonchev–Trinajstić information content (AvgIpc) is 2.91. The average molecular weight is 324 g/mol. The first-order chi connectivity index (χ1) is 8.65. The Labute approximate surface area is 116 Å². The van der Waals surface area contributed by atoms with Crippen LogP contribution in [-0.4, -0.2) is 4.98 Å². The highest BCUT2D eigenvalue weighted by Crippen LogP contribution is 2.35. The Balaban J connectivity index is 2.09. The maximum absolute atomic E-state index is 11.1. The summed E-state index contributed by atoms with van der Waals surface area (Å²) in [6.07, 6.45) is 0. The zero-order chi connectivity index (χ0) is 12.7. The van der Waals surface area contributed by atoms with Gasteiger partial charge in [-0.1, -0.05) is 22.0 Å². The molecule has 0 bridgehead atoms. The predicted octanol–water partition coefficient (Wildman–Crippen LogP) is 3.98. The molecule has 5 heteroatoms. The van der Waals surface area contributed by atoms with Crippen molar-refractivity contribution in [2.45, 2.75) is 11.8 Å². The molecule has 0 saturated heterocycles. The zero-order valence-corrected chi connectivity index (χ0v) is 12.0. The fourth-order valence-electron chi connectivity index (χ4n) is 1.93. The topological polar surface area (TPSA) is 46.0 Å². The minimum absolute atomic E-state index is 0.119. The van der Waals surface area contributed by atoms with E-state index in [1.165, 1.54) is 11.1 Å². The second kappa shape index (κ2) is 4.40. The lowest BCUT2D eigenvalue weighted by atomic mass is 10.0. The Morgan fingerprint density at radius 1 is 1.39 bits per heavy atom. The van der Waals surface area contributed by atoms with Gasteiger partial charge in [0.2, 0.25) is 0 Å². The molecule has 0 aliphatic rings. The highest BCUT2D eigenvalue weighted by atomic mass is 79.9. The van der Waals surface area contributed by atoms with E-state index in [9.17, 15) is 4.79 Å².